The van der Waals surface area contributed by atoms with Crippen LogP contribution >= 0.6 is 35.0 Å². The zero-order chi connectivity index (χ0) is 25.4. The molecule has 4 aromatic rings. The van der Waals surface area contributed by atoms with Gasteiger partial charge in [-0.15, -0.1) is 0 Å². The number of benzene rings is 3. The van der Waals surface area contributed by atoms with E-state index in [0.717, 1.165) is 54.0 Å². The smallest absolute Gasteiger partial charge is 0.173 e. The Morgan fingerprint density at radius 3 is 2.53 bits per heavy atom. The minimum absolute atomic E-state index is 0.0127. The number of rotatable bonds is 6. The molecule has 1 aliphatic carbocycles. The highest BCUT2D eigenvalue weighted by Gasteiger charge is 2.31. The lowest BCUT2D eigenvalue weighted by atomic mass is 9.84. The third-order valence-electron chi connectivity index (χ3n) is 6.34. The molecule has 0 bridgehead atoms. The van der Waals surface area contributed by atoms with Gasteiger partial charge in [-0.3, -0.25) is 4.57 Å². The molecule has 3 nitrogen and oxygen atoms in total. The van der Waals surface area contributed by atoms with Gasteiger partial charge in [-0.2, -0.15) is 0 Å². The van der Waals surface area contributed by atoms with Crippen molar-refractivity contribution in [3.8, 4) is 11.4 Å². The number of imidazole rings is 1. The van der Waals surface area contributed by atoms with Crippen molar-refractivity contribution < 1.29 is 17.9 Å². The van der Waals surface area contributed by atoms with Crippen molar-refractivity contribution >= 4 is 35.0 Å². The first-order valence-electron chi connectivity index (χ1n) is 11.3. The van der Waals surface area contributed by atoms with E-state index >= 15 is 0 Å². The first-order valence-corrected chi connectivity index (χ1v) is 13.1. The molecule has 0 fully saturated rings. The predicted octanol–water partition coefficient (Wildman–Crippen LogP) is 8.37. The van der Waals surface area contributed by atoms with Crippen molar-refractivity contribution in [3.63, 3.8) is 0 Å². The van der Waals surface area contributed by atoms with Crippen LogP contribution in [0, 0.1) is 17.5 Å². The summed E-state index contributed by atoms with van der Waals surface area (Å²) in [5, 5.41) is 0.882. The fourth-order valence-corrected chi connectivity index (χ4v) is 6.16. The Morgan fingerprint density at radius 2 is 1.78 bits per heavy atom. The summed E-state index contributed by atoms with van der Waals surface area (Å²) in [5.74, 6) is -0.953. The largest absolute Gasteiger partial charge is 0.495 e. The summed E-state index contributed by atoms with van der Waals surface area (Å²) < 4.78 is 49.7. The molecule has 0 N–H and O–H groups in total. The lowest BCUT2D eigenvalue weighted by Crippen LogP contribution is -2.15. The molecule has 0 spiro atoms. The summed E-state index contributed by atoms with van der Waals surface area (Å²) in [6.07, 6.45) is 2.57. The molecule has 0 amide bonds. The first-order chi connectivity index (χ1) is 17.4. The Labute approximate surface area is 221 Å². The van der Waals surface area contributed by atoms with E-state index in [1.54, 1.807) is 19.2 Å². The normalized spacial score (nSPS) is 15.1. The fraction of sp³-hybridized carbons (Fsp3) is 0.222. The number of methoxy groups -OCH3 is 1. The molecule has 36 heavy (non-hydrogen) atoms. The predicted molar refractivity (Wildman–Crippen MR) is 137 cm³/mol. The van der Waals surface area contributed by atoms with Gasteiger partial charge in [0, 0.05) is 22.9 Å². The molecule has 186 valence electrons. The first kappa shape index (κ1) is 25.1. The third kappa shape index (κ3) is 4.72. The summed E-state index contributed by atoms with van der Waals surface area (Å²) in [4.78, 5) is 4.90. The van der Waals surface area contributed by atoms with Crippen molar-refractivity contribution in [2.45, 2.75) is 36.1 Å². The van der Waals surface area contributed by atoms with E-state index in [9.17, 15) is 13.2 Å². The molecular formula is C27H21Cl2F3N2OS. The van der Waals surface area contributed by atoms with Crippen molar-refractivity contribution in [1.29, 1.82) is 0 Å². The van der Waals surface area contributed by atoms with Crippen LogP contribution in [0.3, 0.4) is 0 Å². The summed E-state index contributed by atoms with van der Waals surface area (Å²) in [7, 11) is 1.57. The molecule has 9 heteroatoms. The van der Waals surface area contributed by atoms with Crippen LogP contribution in [0.25, 0.3) is 5.69 Å². The zero-order valence-corrected chi connectivity index (χ0v) is 21.5. The number of thioether (sulfide) groups is 1. The van der Waals surface area contributed by atoms with E-state index in [2.05, 4.69) is 0 Å². The maximum Gasteiger partial charge on any atom is 0.173 e. The van der Waals surface area contributed by atoms with Crippen LogP contribution in [-0.2, 0) is 12.2 Å². The number of fused-ring (bicyclic) bond motifs is 1. The Morgan fingerprint density at radius 1 is 1.03 bits per heavy atom. The number of aryl methyl sites for hydroxylation is 1. The number of hydrogen-bond acceptors (Lipinski definition) is 3. The molecular weight excluding hydrogens is 528 g/mol. The van der Waals surface area contributed by atoms with Crippen LogP contribution in [0.2, 0.25) is 10.0 Å². The highest BCUT2D eigenvalue weighted by atomic mass is 35.5. The van der Waals surface area contributed by atoms with Gasteiger partial charge in [0.05, 0.1) is 28.5 Å². The number of hydrogen-bond donors (Lipinski definition) is 0. The van der Waals surface area contributed by atoms with Crippen molar-refractivity contribution in [2.75, 3.05) is 7.11 Å². The van der Waals surface area contributed by atoms with Crippen LogP contribution in [0.5, 0.6) is 5.75 Å². The van der Waals surface area contributed by atoms with Crippen LogP contribution < -0.4 is 4.74 Å². The summed E-state index contributed by atoms with van der Waals surface area (Å²) >= 11 is 13.6. The molecule has 0 saturated heterocycles. The standard InChI is InChI=1S/C27H21Cl2F3N2OS/c1-35-24-13-15(5-10-20(24)28)18-3-2-4-23-26(18)34(17-8-6-16(30)7-9-17)27(33-23)36-14-19-21(31)11-12-22(32)25(19)29/h5-13,18H,2-4,14H2,1H3. The summed E-state index contributed by atoms with van der Waals surface area (Å²) in [5.41, 5.74) is 3.72. The summed E-state index contributed by atoms with van der Waals surface area (Å²) in [6, 6.07) is 13.9. The van der Waals surface area contributed by atoms with Crippen LogP contribution in [0.1, 0.15) is 41.3 Å². The quantitative estimate of drug-likeness (QED) is 0.179. The van der Waals surface area contributed by atoms with Gasteiger partial charge in [-0.1, -0.05) is 41.0 Å². The van der Waals surface area contributed by atoms with Crippen LogP contribution in [-0.4, -0.2) is 16.7 Å². The van der Waals surface area contributed by atoms with Gasteiger partial charge in [-0.05, 0) is 73.4 Å². The maximum atomic E-state index is 14.5. The monoisotopic (exact) mass is 548 g/mol. The molecule has 1 aromatic heterocycles. The molecule has 0 aliphatic heterocycles. The van der Waals surface area contributed by atoms with E-state index in [4.69, 9.17) is 32.9 Å². The lowest BCUT2D eigenvalue weighted by Gasteiger charge is -2.26. The summed E-state index contributed by atoms with van der Waals surface area (Å²) in [6.45, 7) is 0. The topological polar surface area (TPSA) is 27.1 Å². The molecule has 5 rings (SSSR count). The number of ether oxygens (including phenoxy) is 1. The van der Waals surface area contributed by atoms with Gasteiger partial charge in [-0.25, -0.2) is 18.2 Å². The highest BCUT2D eigenvalue weighted by Crippen LogP contribution is 2.43. The van der Waals surface area contributed by atoms with Gasteiger partial charge in [0.2, 0.25) is 0 Å². The van der Waals surface area contributed by atoms with Gasteiger partial charge in [0.1, 0.15) is 23.2 Å². The van der Waals surface area contributed by atoms with Gasteiger partial charge in [0.15, 0.2) is 5.16 Å². The van der Waals surface area contributed by atoms with E-state index in [1.165, 1.54) is 23.9 Å². The lowest BCUT2D eigenvalue weighted by molar-refractivity contribution is 0.414. The molecule has 1 atom stereocenters. The van der Waals surface area contributed by atoms with Crippen molar-refractivity contribution in [3.05, 3.63) is 105 Å². The number of nitrogens with zero attached hydrogens (tertiary/aromatic N) is 2. The molecule has 1 unspecified atom stereocenters. The van der Waals surface area contributed by atoms with E-state index in [-0.39, 0.29) is 28.1 Å². The van der Waals surface area contributed by atoms with Gasteiger partial charge in [0.25, 0.3) is 0 Å². The third-order valence-corrected chi connectivity index (χ3v) is 8.03. The molecule has 3 aromatic carbocycles. The van der Waals surface area contributed by atoms with Crippen LogP contribution in [0.4, 0.5) is 13.2 Å². The van der Waals surface area contributed by atoms with Gasteiger partial charge < -0.3 is 4.74 Å². The minimum atomic E-state index is -0.674. The second kappa shape index (κ2) is 10.4. The Bertz CT molecular complexity index is 1430. The number of halogens is 5. The second-order valence-electron chi connectivity index (χ2n) is 8.49. The van der Waals surface area contributed by atoms with E-state index in [1.807, 2.05) is 22.8 Å². The minimum Gasteiger partial charge on any atom is -0.495 e. The Balaban J connectivity index is 1.62. The second-order valence-corrected chi connectivity index (χ2v) is 10.2. The average molecular weight is 549 g/mol. The maximum absolute atomic E-state index is 14.5. The Kier molecular flexibility index (Phi) is 7.24. The molecule has 0 radical (unpaired) electrons. The van der Waals surface area contributed by atoms with Crippen molar-refractivity contribution in [1.82, 2.24) is 9.55 Å². The Hall–Kier alpha value is -2.61. The number of aromatic nitrogens is 2. The van der Waals surface area contributed by atoms with E-state index < -0.39 is 11.6 Å². The molecule has 0 saturated carbocycles. The molecule has 1 heterocycles. The fourth-order valence-electron chi connectivity index (χ4n) is 4.60. The van der Waals surface area contributed by atoms with Crippen molar-refractivity contribution in [2.24, 2.45) is 0 Å². The van der Waals surface area contributed by atoms with E-state index in [0.29, 0.717) is 15.9 Å². The SMILES string of the molecule is COc1cc(C2CCCc3nc(SCc4c(F)ccc(F)c4Cl)n(-c4ccc(F)cc4)c32)ccc1Cl. The van der Waals surface area contributed by atoms with Crippen LogP contribution in [0.15, 0.2) is 59.8 Å². The highest BCUT2D eigenvalue weighted by molar-refractivity contribution is 7.98. The van der Waals surface area contributed by atoms with Gasteiger partial charge >= 0.3 is 0 Å². The average Bonchev–Trinajstić information content (AvgIpc) is 3.26. The zero-order valence-electron chi connectivity index (χ0n) is 19.2. The molecule has 1 aliphatic rings.